The van der Waals surface area contributed by atoms with E-state index in [2.05, 4.69) is 21.4 Å². The molecular formula is C12H12N4. The van der Waals surface area contributed by atoms with Crippen molar-refractivity contribution < 1.29 is 0 Å². The summed E-state index contributed by atoms with van der Waals surface area (Å²) in [4.78, 5) is 7.39. The molecule has 4 nitrogen and oxygen atoms in total. The van der Waals surface area contributed by atoms with Crippen LogP contribution in [0.15, 0.2) is 30.5 Å². The quantitative estimate of drug-likeness (QED) is 0.816. The fourth-order valence-corrected chi connectivity index (χ4v) is 1.47. The summed E-state index contributed by atoms with van der Waals surface area (Å²) in [5.41, 5.74) is 1.81. The van der Waals surface area contributed by atoms with E-state index in [0.717, 1.165) is 23.6 Å². The number of rotatable bonds is 3. The predicted molar refractivity (Wildman–Crippen MR) is 62.1 cm³/mol. The summed E-state index contributed by atoms with van der Waals surface area (Å²) >= 11 is 0. The third-order valence-electron chi connectivity index (χ3n) is 2.35. The molecule has 0 saturated carbocycles. The van der Waals surface area contributed by atoms with Gasteiger partial charge in [-0.1, -0.05) is 12.1 Å². The smallest absolute Gasteiger partial charge is 0.123 e. The summed E-state index contributed by atoms with van der Waals surface area (Å²) in [5, 5.41) is 11.7. The van der Waals surface area contributed by atoms with E-state index in [9.17, 15) is 0 Å². The van der Waals surface area contributed by atoms with Gasteiger partial charge in [0, 0.05) is 13.5 Å². The first-order valence-electron chi connectivity index (χ1n) is 5.02. The molecule has 0 aliphatic heterocycles. The molecule has 1 aromatic heterocycles. The molecule has 0 aliphatic rings. The Morgan fingerprint density at radius 2 is 2.12 bits per heavy atom. The molecule has 2 rings (SSSR count). The number of hydrogen-bond donors (Lipinski definition) is 2. The number of H-pyrrole nitrogens is 1. The van der Waals surface area contributed by atoms with Gasteiger partial charge in [0.1, 0.15) is 11.6 Å². The Labute approximate surface area is 94.0 Å². The summed E-state index contributed by atoms with van der Waals surface area (Å²) in [7, 11) is 1.85. The van der Waals surface area contributed by atoms with Crippen LogP contribution in [0.2, 0.25) is 0 Å². The van der Waals surface area contributed by atoms with E-state index in [1.54, 1.807) is 6.20 Å². The van der Waals surface area contributed by atoms with Crippen molar-refractivity contribution in [1.82, 2.24) is 9.97 Å². The average Bonchev–Trinajstić information content (AvgIpc) is 2.78. The summed E-state index contributed by atoms with van der Waals surface area (Å²) in [5.74, 6) is 1.82. The molecule has 0 atom stereocenters. The molecule has 1 heterocycles. The van der Waals surface area contributed by atoms with E-state index in [-0.39, 0.29) is 0 Å². The van der Waals surface area contributed by atoms with Crippen molar-refractivity contribution in [2.45, 2.75) is 6.42 Å². The van der Waals surface area contributed by atoms with Gasteiger partial charge in [0.05, 0.1) is 17.8 Å². The second kappa shape index (κ2) is 4.49. The van der Waals surface area contributed by atoms with Gasteiger partial charge < -0.3 is 10.3 Å². The molecule has 2 aromatic rings. The summed E-state index contributed by atoms with van der Waals surface area (Å²) in [6, 6.07) is 9.62. The Balaban J connectivity index is 2.11. The Bertz CT molecular complexity index is 505. The first-order valence-corrected chi connectivity index (χ1v) is 5.02. The molecule has 16 heavy (non-hydrogen) atoms. The van der Waals surface area contributed by atoms with Gasteiger partial charge in [0.15, 0.2) is 0 Å². The Morgan fingerprint density at radius 3 is 2.69 bits per heavy atom. The van der Waals surface area contributed by atoms with Gasteiger partial charge in [-0.05, 0) is 17.7 Å². The second-order valence-electron chi connectivity index (χ2n) is 3.48. The molecule has 0 fully saturated rings. The minimum absolute atomic E-state index is 0.680. The summed E-state index contributed by atoms with van der Waals surface area (Å²) in [6.45, 7) is 0. The number of nitriles is 1. The van der Waals surface area contributed by atoms with Gasteiger partial charge in [-0.2, -0.15) is 5.26 Å². The van der Waals surface area contributed by atoms with Crippen LogP contribution < -0.4 is 5.32 Å². The van der Waals surface area contributed by atoms with Crippen molar-refractivity contribution in [1.29, 1.82) is 5.26 Å². The van der Waals surface area contributed by atoms with E-state index in [1.807, 2.05) is 31.3 Å². The maximum atomic E-state index is 8.68. The maximum absolute atomic E-state index is 8.68. The van der Waals surface area contributed by atoms with Crippen LogP contribution in [0.1, 0.15) is 17.0 Å². The van der Waals surface area contributed by atoms with Crippen molar-refractivity contribution in [3.05, 3.63) is 47.4 Å². The van der Waals surface area contributed by atoms with Gasteiger partial charge in [0.25, 0.3) is 0 Å². The second-order valence-corrected chi connectivity index (χ2v) is 3.48. The van der Waals surface area contributed by atoms with Gasteiger partial charge >= 0.3 is 0 Å². The van der Waals surface area contributed by atoms with Crippen LogP contribution in [-0.4, -0.2) is 17.0 Å². The van der Waals surface area contributed by atoms with E-state index < -0.39 is 0 Å². The average molecular weight is 212 g/mol. The van der Waals surface area contributed by atoms with Gasteiger partial charge in [-0.15, -0.1) is 0 Å². The van der Waals surface area contributed by atoms with Crippen LogP contribution in [0.25, 0.3) is 0 Å². The predicted octanol–water partition coefficient (Wildman–Crippen LogP) is 1.91. The molecule has 0 amide bonds. The normalized spacial score (nSPS) is 9.75. The molecule has 4 heteroatoms. The van der Waals surface area contributed by atoms with Gasteiger partial charge in [-0.25, -0.2) is 4.98 Å². The SMILES string of the molecule is CNc1cnc(Cc2ccc(C#N)cc2)[nH]1. The molecule has 0 saturated heterocycles. The van der Waals surface area contributed by atoms with E-state index in [4.69, 9.17) is 5.26 Å². The zero-order chi connectivity index (χ0) is 11.4. The lowest BCUT2D eigenvalue weighted by molar-refractivity contribution is 1.03. The van der Waals surface area contributed by atoms with E-state index in [1.165, 1.54) is 0 Å². The summed E-state index contributed by atoms with van der Waals surface area (Å²) in [6.07, 6.45) is 2.51. The topological polar surface area (TPSA) is 64.5 Å². The molecule has 2 N–H and O–H groups in total. The molecule has 0 unspecified atom stereocenters. The number of imidazole rings is 1. The van der Waals surface area contributed by atoms with Crippen LogP contribution in [0.3, 0.4) is 0 Å². The monoisotopic (exact) mass is 212 g/mol. The minimum Gasteiger partial charge on any atom is -0.373 e. The van der Waals surface area contributed by atoms with E-state index in [0.29, 0.717) is 5.56 Å². The van der Waals surface area contributed by atoms with Gasteiger partial charge in [0.2, 0.25) is 0 Å². The number of anilines is 1. The third-order valence-corrected chi connectivity index (χ3v) is 2.35. The first-order chi connectivity index (χ1) is 7.81. The highest BCUT2D eigenvalue weighted by Gasteiger charge is 2.00. The molecular weight excluding hydrogens is 200 g/mol. The molecule has 80 valence electrons. The molecule has 0 spiro atoms. The fraction of sp³-hybridized carbons (Fsp3) is 0.167. The van der Waals surface area contributed by atoms with E-state index >= 15 is 0 Å². The minimum atomic E-state index is 0.680. The van der Waals surface area contributed by atoms with Crippen LogP contribution >= 0.6 is 0 Å². The lowest BCUT2D eigenvalue weighted by Crippen LogP contribution is -1.92. The number of benzene rings is 1. The Hall–Kier alpha value is -2.28. The highest BCUT2D eigenvalue weighted by Crippen LogP contribution is 2.09. The number of nitrogens with zero attached hydrogens (tertiary/aromatic N) is 2. The van der Waals surface area contributed by atoms with Crippen molar-refractivity contribution in [2.24, 2.45) is 0 Å². The van der Waals surface area contributed by atoms with Crippen LogP contribution in [0.5, 0.6) is 0 Å². The van der Waals surface area contributed by atoms with Crippen molar-refractivity contribution in [2.75, 3.05) is 12.4 Å². The zero-order valence-corrected chi connectivity index (χ0v) is 8.99. The molecule has 0 aliphatic carbocycles. The number of hydrogen-bond acceptors (Lipinski definition) is 3. The Morgan fingerprint density at radius 1 is 1.38 bits per heavy atom. The molecule has 0 radical (unpaired) electrons. The largest absolute Gasteiger partial charge is 0.373 e. The third kappa shape index (κ3) is 2.20. The lowest BCUT2D eigenvalue weighted by Gasteiger charge is -1.98. The number of nitrogens with one attached hydrogen (secondary N) is 2. The van der Waals surface area contributed by atoms with Crippen molar-refractivity contribution in [3.63, 3.8) is 0 Å². The lowest BCUT2D eigenvalue weighted by atomic mass is 10.1. The highest BCUT2D eigenvalue weighted by atomic mass is 15.0. The van der Waals surface area contributed by atoms with Gasteiger partial charge in [-0.3, -0.25) is 0 Å². The number of aromatic amines is 1. The van der Waals surface area contributed by atoms with Crippen LogP contribution in [-0.2, 0) is 6.42 Å². The maximum Gasteiger partial charge on any atom is 0.123 e. The summed E-state index contributed by atoms with van der Waals surface area (Å²) < 4.78 is 0. The van der Waals surface area contributed by atoms with Crippen molar-refractivity contribution >= 4 is 5.82 Å². The Kier molecular flexibility index (Phi) is 2.88. The molecule has 1 aromatic carbocycles. The number of aromatic nitrogens is 2. The van der Waals surface area contributed by atoms with Crippen LogP contribution in [0, 0.1) is 11.3 Å². The zero-order valence-electron chi connectivity index (χ0n) is 8.99. The standard InChI is InChI=1S/C12H12N4/c1-14-12-8-15-11(16-12)6-9-2-4-10(7-13)5-3-9/h2-5,8,14H,6H2,1H3,(H,15,16). The first kappa shape index (κ1) is 10.2. The molecule has 0 bridgehead atoms. The highest BCUT2D eigenvalue weighted by molar-refractivity contribution is 5.35. The fourth-order valence-electron chi connectivity index (χ4n) is 1.47. The van der Waals surface area contributed by atoms with Crippen molar-refractivity contribution in [3.8, 4) is 6.07 Å². The van der Waals surface area contributed by atoms with Crippen LogP contribution in [0.4, 0.5) is 5.82 Å².